The number of hydrogen-bond donors (Lipinski definition) is 0. The summed E-state index contributed by atoms with van der Waals surface area (Å²) in [5, 5.41) is 0. The topological polar surface area (TPSA) is 27.7 Å². The van der Waals surface area contributed by atoms with Crippen LogP contribution in [0.25, 0.3) is 0 Å². The zero-order valence-corrected chi connectivity index (χ0v) is 41.0. The average Bonchev–Trinajstić information content (AvgIpc) is 3.28. The Morgan fingerprint density at radius 3 is 0.689 bits per heavy atom. The van der Waals surface area contributed by atoms with Gasteiger partial charge in [0.05, 0.1) is 0 Å². The van der Waals surface area contributed by atoms with Crippen molar-refractivity contribution in [3.8, 4) is 17.2 Å². The quantitative estimate of drug-likeness (QED) is 0.0420. The van der Waals surface area contributed by atoms with Crippen LogP contribution in [0.4, 0.5) is 0 Å². The summed E-state index contributed by atoms with van der Waals surface area (Å²) in [6.45, 7) is 6.89. The van der Waals surface area contributed by atoms with Crippen LogP contribution in [0.3, 0.4) is 0 Å². The van der Waals surface area contributed by atoms with E-state index in [1.807, 2.05) is 0 Å². The largest absolute Gasteiger partial charge is 0.530 e. The van der Waals surface area contributed by atoms with Crippen molar-refractivity contribution >= 4 is 8.60 Å². The monoisotopic (exact) mass is 857 g/mol. The number of para-hydroxylation sites is 3. The van der Waals surface area contributed by atoms with Crippen LogP contribution in [0.1, 0.15) is 249 Å². The molecule has 4 heteroatoms. The molecule has 3 rings (SSSR count). The Morgan fingerprint density at radius 1 is 0.262 bits per heavy atom. The molecule has 0 aliphatic carbocycles. The molecule has 0 aromatic heterocycles. The van der Waals surface area contributed by atoms with E-state index in [1.54, 1.807) is 0 Å². The Kier molecular flexibility index (Phi) is 32.9. The summed E-state index contributed by atoms with van der Waals surface area (Å²) in [4.78, 5) is 0. The highest BCUT2D eigenvalue weighted by atomic mass is 31.2. The third-order valence-electron chi connectivity index (χ3n) is 12.6. The molecule has 0 heterocycles. The van der Waals surface area contributed by atoms with Gasteiger partial charge in [-0.15, -0.1) is 0 Å². The summed E-state index contributed by atoms with van der Waals surface area (Å²) in [5.74, 6) is 2.68. The van der Waals surface area contributed by atoms with E-state index in [4.69, 9.17) is 13.6 Å². The van der Waals surface area contributed by atoms with E-state index in [0.717, 1.165) is 36.5 Å². The van der Waals surface area contributed by atoms with Crippen LogP contribution in [0.5, 0.6) is 17.2 Å². The van der Waals surface area contributed by atoms with E-state index >= 15 is 0 Å². The molecule has 0 unspecified atom stereocenters. The Hall–Kier alpha value is -2.51. The molecule has 3 nitrogen and oxygen atoms in total. The zero-order valence-electron chi connectivity index (χ0n) is 40.1. The maximum atomic E-state index is 6.86. The smallest absolute Gasteiger partial charge is 0.408 e. The molecule has 3 aromatic carbocycles. The van der Waals surface area contributed by atoms with Crippen molar-refractivity contribution in [1.82, 2.24) is 0 Å². The number of unbranched alkanes of at least 4 members (excludes halogenated alkanes) is 30. The molecule has 0 aliphatic rings. The van der Waals surface area contributed by atoms with Crippen LogP contribution in [-0.2, 0) is 19.3 Å². The zero-order chi connectivity index (χ0) is 43.1. The molecule has 0 radical (unpaired) electrons. The minimum absolute atomic E-state index is 0.895. The van der Waals surface area contributed by atoms with Gasteiger partial charge >= 0.3 is 8.60 Å². The Bertz CT molecular complexity index is 1250. The van der Waals surface area contributed by atoms with E-state index in [1.165, 1.54) is 229 Å². The molecule has 0 amide bonds. The van der Waals surface area contributed by atoms with Crippen molar-refractivity contribution in [2.24, 2.45) is 0 Å². The highest BCUT2D eigenvalue weighted by Gasteiger charge is 2.24. The van der Waals surface area contributed by atoms with Crippen LogP contribution >= 0.6 is 8.60 Å². The maximum Gasteiger partial charge on any atom is 0.530 e. The van der Waals surface area contributed by atoms with Crippen LogP contribution in [0, 0.1) is 0 Å². The molecule has 0 saturated heterocycles. The maximum absolute atomic E-state index is 6.86. The fraction of sp³-hybridized carbons (Fsp3) is 0.684. The summed E-state index contributed by atoms with van der Waals surface area (Å²) in [6, 6.07) is 25.8. The molecule has 344 valence electrons. The van der Waals surface area contributed by atoms with Gasteiger partial charge in [-0.2, -0.15) is 0 Å². The molecule has 61 heavy (non-hydrogen) atoms. The summed E-state index contributed by atoms with van der Waals surface area (Å²) >= 11 is 0. The van der Waals surface area contributed by atoms with Crippen molar-refractivity contribution < 1.29 is 13.6 Å². The number of hydrogen-bond acceptors (Lipinski definition) is 3. The fourth-order valence-corrected chi connectivity index (χ4v) is 9.76. The van der Waals surface area contributed by atoms with Crippen LogP contribution < -0.4 is 13.6 Å². The molecular weight excluding hydrogens is 764 g/mol. The van der Waals surface area contributed by atoms with Gasteiger partial charge in [-0.25, -0.2) is 0 Å². The summed E-state index contributed by atoms with van der Waals surface area (Å²) in [5.41, 5.74) is 3.75. The van der Waals surface area contributed by atoms with Crippen LogP contribution in [-0.4, -0.2) is 0 Å². The van der Waals surface area contributed by atoms with Gasteiger partial charge in [0, 0.05) is 0 Å². The second-order valence-electron chi connectivity index (χ2n) is 18.2. The van der Waals surface area contributed by atoms with Crippen molar-refractivity contribution in [3.63, 3.8) is 0 Å². The van der Waals surface area contributed by atoms with E-state index in [-0.39, 0.29) is 0 Å². The van der Waals surface area contributed by atoms with Gasteiger partial charge in [0.25, 0.3) is 0 Å². The van der Waals surface area contributed by atoms with Crippen molar-refractivity contribution in [2.75, 3.05) is 0 Å². The standard InChI is InChI=1S/C57H93O3P/c1-4-7-10-13-16-19-22-25-28-31-34-43-52-46-37-40-49-55(52)58-61(59-56-50-41-38-47-53(56)44-35-32-29-26-23-20-17-14-11-8-5-2)60-57-51-42-39-48-54(57)45-36-33-30-27-24-21-18-15-12-9-6-3/h37-42,46-51H,4-36,43-45H2,1-3H3. The van der Waals surface area contributed by atoms with Crippen molar-refractivity contribution in [2.45, 2.75) is 252 Å². The molecule has 0 N–H and O–H groups in total. The van der Waals surface area contributed by atoms with Crippen LogP contribution in [0.2, 0.25) is 0 Å². The normalized spacial score (nSPS) is 11.4. The first kappa shape index (κ1) is 52.8. The lowest BCUT2D eigenvalue weighted by Gasteiger charge is -2.22. The highest BCUT2D eigenvalue weighted by Crippen LogP contribution is 2.45. The molecule has 0 spiro atoms. The molecule has 3 aromatic rings. The van der Waals surface area contributed by atoms with Crippen molar-refractivity contribution in [3.05, 3.63) is 89.5 Å². The van der Waals surface area contributed by atoms with Crippen LogP contribution in [0.15, 0.2) is 72.8 Å². The van der Waals surface area contributed by atoms with Gasteiger partial charge in [-0.1, -0.05) is 268 Å². The van der Waals surface area contributed by atoms with Gasteiger partial charge in [0.15, 0.2) is 0 Å². The summed E-state index contributed by atoms with van der Waals surface area (Å²) in [6.07, 6.45) is 47.6. The van der Waals surface area contributed by atoms with E-state index in [0.29, 0.717) is 0 Å². The lowest BCUT2D eigenvalue weighted by atomic mass is 10.0. The van der Waals surface area contributed by atoms with E-state index in [2.05, 4.69) is 93.6 Å². The Labute approximate surface area is 379 Å². The van der Waals surface area contributed by atoms with Gasteiger partial charge in [-0.05, 0) is 73.4 Å². The first-order valence-electron chi connectivity index (χ1n) is 26.3. The van der Waals surface area contributed by atoms with E-state index in [9.17, 15) is 0 Å². The molecule has 0 bridgehead atoms. The highest BCUT2D eigenvalue weighted by molar-refractivity contribution is 7.43. The SMILES string of the molecule is CCCCCCCCCCCCCc1ccccc1OP(Oc1ccccc1CCCCCCCCCCCCC)Oc1ccccc1CCCCCCCCCCCCC. The van der Waals surface area contributed by atoms with Gasteiger partial charge in [0.2, 0.25) is 0 Å². The minimum Gasteiger partial charge on any atom is -0.408 e. The van der Waals surface area contributed by atoms with Gasteiger partial charge in [-0.3, -0.25) is 0 Å². The number of benzene rings is 3. The first-order valence-corrected chi connectivity index (χ1v) is 27.4. The summed E-state index contributed by atoms with van der Waals surface area (Å²) in [7, 11) is -1.74. The van der Waals surface area contributed by atoms with Gasteiger partial charge in [0.1, 0.15) is 17.2 Å². The minimum atomic E-state index is -1.74. The number of aryl methyl sites for hydroxylation is 3. The Morgan fingerprint density at radius 2 is 0.459 bits per heavy atom. The lowest BCUT2D eigenvalue weighted by molar-refractivity contribution is 0.382. The molecule has 0 fully saturated rings. The lowest BCUT2D eigenvalue weighted by Crippen LogP contribution is -2.06. The molecule has 0 saturated carbocycles. The predicted molar refractivity (Wildman–Crippen MR) is 269 cm³/mol. The molecule has 0 atom stereocenters. The van der Waals surface area contributed by atoms with Gasteiger partial charge < -0.3 is 13.6 Å². The molecule has 0 aliphatic heterocycles. The fourth-order valence-electron chi connectivity index (χ4n) is 8.63. The Balaban J connectivity index is 1.59. The van der Waals surface area contributed by atoms with Crippen molar-refractivity contribution in [1.29, 1.82) is 0 Å². The third kappa shape index (κ3) is 26.7. The second-order valence-corrected chi connectivity index (χ2v) is 19.2. The predicted octanol–water partition coefficient (Wildman–Crippen LogP) is 20.0. The summed E-state index contributed by atoms with van der Waals surface area (Å²) < 4.78 is 20.6. The molecular formula is C57H93O3P. The van der Waals surface area contributed by atoms with E-state index < -0.39 is 8.60 Å². The number of rotatable bonds is 42. The third-order valence-corrected chi connectivity index (χ3v) is 13.6. The average molecular weight is 857 g/mol. The first-order chi connectivity index (χ1) is 30.2. The second kappa shape index (κ2) is 38.0.